The molecule has 3 heteroatoms. The van der Waals surface area contributed by atoms with E-state index >= 15 is 0 Å². The number of aryl methyl sites for hydroxylation is 2. The van der Waals surface area contributed by atoms with Crippen LogP contribution in [-0.2, 0) is 6.42 Å². The van der Waals surface area contributed by atoms with Gasteiger partial charge in [0.15, 0.2) is 0 Å². The molecule has 0 amide bonds. The molecule has 0 spiro atoms. The lowest BCUT2D eigenvalue weighted by molar-refractivity contribution is 0.892. The Hall–Kier alpha value is -0.500. The van der Waals surface area contributed by atoms with Gasteiger partial charge in [0, 0.05) is 4.88 Å². The number of allylic oxidation sites excluding steroid dienone is 1. The van der Waals surface area contributed by atoms with E-state index in [0.717, 1.165) is 17.2 Å². The van der Waals surface area contributed by atoms with Gasteiger partial charge in [0.05, 0.1) is 5.69 Å². The smallest absolute Gasteiger partial charge is 0.150 e. The summed E-state index contributed by atoms with van der Waals surface area (Å²) in [5.41, 5.74) is 5.35. The first-order valence-electron chi connectivity index (χ1n) is 4.53. The predicted molar refractivity (Wildman–Crippen MR) is 65.3 cm³/mol. The molecule has 0 saturated carbocycles. The summed E-state index contributed by atoms with van der Waals surface area (Å²) in [6.07, 6.45) is 4.09. The van der Waals surface area contributed by atoms with Crippen LogP contribution in [0.1, 0.15) is 23.9 Å². The van der Waals surface area contributed by atoms with E-state index in [4.69, 9.17) is 0 Å². The number of hydrogen-bond donors (Lipinski definition) is 0. The van der Waals surface area contributed by atoms with Crippen molar-refractivity contribution in [3.8, 4) is 0 Å². The quantitative estimate of drug-likeness (QED) is 0.570. The second kappa shape index (κ2) is 5.40. The molecule has 1 heterocycles. The van der Waals surface area contributed by atoms with Crippen LogP contribution >= 0.6 is 23.1 Å². The van der Waals surface area contributed by atoms with Crippen molar-refractivity contribution in [2.45, 2.75) is 31.0 Å². The van der Waals surface area contributed by atoms with Crippen LogP contribution in [0.15, 0.2) is 22.2 Å². The van der Waals surface area contributed by atoms with Gasteiger partial charge in [0.1, 0.15) is 4.34 Å². The Morgan fingerprint density at radius 2 is 2.36 bits per heavy atom. The van der Waals surface area contributed by atoms with E-state index in [-0.39, 0.29) is 0 Å². The van der Waals surface area contributed by atoms with Gasteiger partial charge in [0.2, 0.25) is 0 Å². The lowest BCUT2D eigenvalue weighted by Gasteiger charge is -1.96. The van der Waals surface area contributed by atoms with Crippen molar-refractivity contribution in [3.05, 3.63) is 28.5 Å². The number of aromatic nitrogens is 1. The van der Waals surface area contributed by atoms with Crippen LogP contribution < -0.4 is 0 Å². The van der Waals surface area contributed by atoms with Gasteiger partial charge in [-0.15, -0.1) is 17.1 Å². The Bertz CT molecular complexity index is 359. The SMILES string of the molecule is C=C=C(C)CCc1nc(SC)sc1C. The Balaban J connectivity index is 2.67. The van der Waals surface area contributed by atoms with E-state index in [2.05, 4.69) is 37.4 Å². The molecule has 1 nitrogen and oxygen atoms in total. The third-order valence-electron chi connectivity index (χ3n) is 2.09. The van der Waals surface area contributed by atoms with Gasteiger partial charge in [-0.25, -0.2) is 4.98 Å². The molecule has 1 aromatic rings. The summed E-state index contributed by atoms with van der Waals surface area (Å²) in [7, 11) is 0. The zero-order chi connectivity index (χ0) is 10.6. The van der Waals surface area contributed by atoms with Crippen LogP contribution in [0.3, 0.4) is 0 Å². The van der Waals surface area contributed by atoms with Crippen LogP contribution in [-0.4, -0.2) is 11.2 Å². The first-order chi connectivity index (χ1) is 6.67. The highest BCUT2D eigenvalue weighted by molar-refractivity contribution is 8.00. The van der Waals surface area contributed by atoms with Gasteiger partial charge in [-0.1, -0.05) is 18.3 Å². The molecule has 0 atom stereocenters. The molecule has 1 aromatic heterocycles. The maximum absolute atomic E-state index is 4.55. The fraction of sp³-hybridized carbons (Fsp3) is 0.455. The Morgan fingerprint density at radius 1 is 1.64 bits per heavy atom. The summed E-state index contributed by atoms with van der Waals surface area (Å²) in [5, 5.41) is 0. The fourth-order valence-electron chi connectivity index (χ4n) is 1.12. The average molecular weight is 225 g/mol. The van der Waals surface area contributed by atoms with Gasteiger partial charge in [-0.2, -0.15) is 0 Å². The monoisotopic (exact) mass is 225 g/mol. The predicted octanol–water partition coefficient (Wildman–Crippen LogP) is 3.84. The molecule has 0 aliphatic heterocycles. The van der Waals surface area contributed by atoms with Crippen LogP contribution in [0, 0.1) is 6.92 Å². The molecule has 0 N–H and O–H groups in total. The molecule has 1 rings (SSSR count). The van der Waals surface area contributed by atoms with Crippen molar-refractivity contribution in [3.63, 3.8) is 0 Å². The Labute approximate surface area is 94.0 Å². The van der Waals surface area contributed by atoms with Gasteiger partial charge in [0.25, 0.3) is 0 Å². The van der Waals surface area contributed by atoms with Crippen LogP contribution in [0.25, 0.3) is 0 Å². The van der Waals surface area contributed by atoms with Gasteiger partial charge in [-0.3, -0.25) is 0 Å². The molecule has 76 valence electrons. The highest BCUT2D eigenvalue weighted by Gasteiger charge is 2.06. The van der Waals surface area contributed by atoms with Crippen molar-refractivity contribution < 1.29 is 0 Å². The van der Waals surface area contributed by atoms with E-state index in [9.17, 15) is 0 Å². The Morgan fingerprint density at radius 3 is 2.86 bits per heavy atom. The highest BCUT2D eigenvalue weighted by Crippen LogP contribution is 2.26. The minimum atomic E-state index is 1.01. The molecule has 0 unspecified atom stereocenters. The third-order valence-corrected chi connectivity index (χ3v) is 4.08. The molecule has 0 aliphatic rings. The van der Waals surface area contributed by atoms with Crippen LogP contribution in [0.5, 0.6) is 0 Å². The second-order valence-corrected chi connectivity index (χ2v) is 5.40. The normalized spacial score (nSPS) is 9.93. The summed E-state index contributed by atoms with van der Waals surface area (Å²) in [6.45, 7) is 7.83. The third kappa shape index (κ3) is 3.02. The molecule has 0 aromatic carbocycles. The van der Waals surface area contributed by atoms with E-state index in [1.807, 2.05) is 0 Å². The fourth-order valence-corrected chi connectivity index (χ4v) is 2.71. The first kappa shape index (κ1) is 11.6. The topological polar surface area (TPSA) is 12.9 Å². The molecular weight excluding hydrogens is 210 g/mol. The molecule has 0 fully saturated rings. The summed E-state index contributed by atoms with van der Waals surface area (Å²) in [5.74, 6) is 0. The van der Waals surface area contributed by atoms with E-state index in [1.165, 1.54) is 16.1 Å². The summed E-state index contributed by atoms with van der Waals surface area (Å²) < 4.78 is 1.16. The Kier molecular flexibility index (Phi) is 4.46. The van der Waals surface area contributed by atoms with Crippen LogP contribution in [0.4, 0.5) is 0 Å². The molecule has 0 radical (unpaired) electrons. The summed E-state index contributed by atoms with van der Waals surface area (Å²) >= 11 is 3.50. The number of thioether (sulfide) groups is 1. The molecule has 14 heavy (non-hydrogen) atoms. The van der Waals surface area contributed by atoms with Crippen molar-refractivity contribution in [2.24, 2.45) is 0 Å². The lowest BCUT2D eigenvalue weighted by atomic mass is 10.1. The lowest BCUT2D eigenvalue weighted by Crippen LogP contribution is -1.88. The minimum absolute atomic E-state index is 1.01. The maximum atomic E-state index is 4.55. The second-order valence-electron chi connectivity index (χ2n) is 3.14. The van der Waals surface area contributed by atoms with Crippen molar-refractivity contribution in [2.75, 3.05) is 6.26 Å². The number of hydrogen-bond acceptors (Lipinski definition) is 3. The zero-order valence-corrected chi connectivity index (χ0v) is 10.5. The molecule has 0 saturated heterocycles. The van der Waals surface area contributed by atoms with Gasteiger partial charge < -0.3 is 0 Å². The standard InChI is InChI=1S/C11H15NS2/c1-5-8(2)6-7-10-9(3)14-11(12-10)13-4/h1,6-7H2,2-4H3. The van der Waals surface area contributed by atoms with E-state index in [1.54, 1.807) is 23.1 Å². The zero-order valence-electron chi connectivity index (χ0n) is 8.89. The van der Waals surface area contributed by atoms with E-state index in [0.29, 0.717) is 0 Å². The van der Waals surface area contributed by atoms with Crippen molar-refractivity contribution in [1.29, 1.82) is 0 Å². The van der Waals surface area contributed by atoms with Crippen molar-refractivity contribution in [1.82, 2.24) is 4.98 Å². The van der Waals surface area contributed by atoms with Crippen LogP contribution in [0.2, 0.25) is 0 Å². The minimum Gasteiger partial charge on any atom is -0.234 e. The summed E-state index contributed by atoms with van der Waals surface area (Å²) in [4.78, 5) is 5.89. The molecule has 0 aliphatic carbocycles. The maximum Gasteiger partial charge on any atom is 0.150 e. The van der Waals surface area contributed by atoms with Gasteiger partial charge >= 0.3 is 0 Å². The summed E-state index contributed by atoms with van der Waals surface area (Å²) in [6, 6.07) is 0. The largest absolute Gasteiger partial charge is 0.234 e. The average Bonchev–Trinajstić information content (AvgIpc) is 2.55. The highest BCUT2D eigenvalue weighted by atomic mass is 32.2. The number of rotatable bonds is 4. The first-order valence-corrected chi connectivity index (χ1v) is 6.57. The number of nitrogens with zero attached hydrogens (tertiary/aromatic N) is 1. The van der Waals surface area contributed by atoms with Crippen molar-refractivity contribution >= 4 is 23.1 Å². The number of thiazole rings is 1. The van der Waals surface area contributed by atoms with E-state index < -0.39 is 0 Å². The van der Waals surface area contributed by atoms with Gasteiger partial charge in [-0.05, 0) is 38.5 Å². The molecule has 0 bridgehead atoms. The molecular formula is C11H15NS2.